The van der Waals surface area contributed by atoms with Gasteiger partial charge in [0.25, 0.3) is 0 Å². The number of rotatable bonds is 5. The van der Waals surface area contributed by atoms with Crippen LogP contribution in [-0.4, -0.2) is 39.5 Å². The van der Waals surface area contributed by atoms with Gasteiger partial charge in [0.2, 0.25) is 5.91 Å². The van der Waals surface area contributed by atoms with E-state index >= 15 is 0 Å². The number of hydrogen-bond donors (Lipinski definition) is 3. The van der Waals surface area contributed by atoms with Gasteiger partial charge in [-0.2, -0.15) is 5.10 Å². The quantitative estimate of drug-likeness (QED) is 0.214. The molecule has 2 aromatic carbocycles. The van der Waals surface area contributed by atoms with Gasteiger partial charge in [0.15, 0.2) is 0 Å². The highest BCUT2D eigenvalue weighted by Crippen LogP contribution is 2.44. The molecule has 4 rings (SSSR count). The van der Waals surface area contributed by atoms with E-state index in [1.807, 2.05) is 53.8 Å². The SMILES string of the molecule is C=CC(=O)N1CCC(n2nc(-c3ccccc3)c(-c3c(Cl)c(C)cc(N)c3C(=N)N)c2C)CC1. The summed E-state index contributed by atoms with van der Waals surface area (Å²) in [5, 5.41) is 13.8. The van der Waals surface area contributed by atoms with Crippen LogP contribution < -0.4 is 11.5 Å². The Morgan fingerprint density at radius 1 is 1.21 bits per heavy atom. The minimum atomic E-state index is -0.142. The van der Waals surface area contributed by atoms with Gasteiger partial charge in [0.1, 0.15) is 11.5 Å². The van der Waals surface area contributed by atoms with Crippen LogP contribution in [0.5, 0.6) is 0 Å². The van der Waals surface area contributed by atoms with Gasteiger partial charge in [-0.1, -0.05) is 48.5 Å². The number of benzene rings is 2. The van der Waals surface area contributed by atoms with E-state index in [4.69, 9.17) is 33.6 Å². The molecule has 0 bridgehead atoms. The fraction of sp³-hybridized carbons (Fsp3) is 0.269. The topological polar surface area (TPSA) is 114 Å². The fourth-order valence-electron chi connectivity index (χ4n) is 4.78. The summed E-state index contributed by atoms with van der Waals surface area (Å²) >= 11 is 6.85. The average Bonchev–Trinajstić information content (AvgIpc) is 3.17. The number of halogens is 1. The van der Waals surface area contributed by atoms with Crippen LogP contribution in [0, 0.1) is 19.3 Å². The number of amides is 1. The van der Waals surface area contributed by atoms with E-state index in [0.717, 1.165) is 40.9 Å². The number of nitrogen functional groups attached to an aromatic ring is 2. The molecule has 1 aromatic heterocycles. The average molecular weight is 477 g/mol. The molecular formula is C26H29ClN6O. The van der Waals surface area contributed by atoms with E-state index in [1.54, 1.807) is 6.07 Å². The van der Waals surface area contributed by atoms with Gasteiger partial charge in [0, 0.05) is 46.7 Å². The molecule has 34 heavy (non-hydrogen) atoms. The van der Waals surface area contributed by atoms with Crippen molar-refractivity contribution in [2.75, 3.05) is 18.8 Å². The molecule has 0 spiro atoms. The number of piperidine rings is 1. The second kappa shape index (κ2) is 9.35. The molecule has 2 heterocycles. The molecular weight excluding hydrogens is 448 g/mol. The van der Waals surface area contributed by atoms with Crippen LogP contribution in [0.4, 0.5) is 5.69 Å². The number of nitrogens with two attached hydrogens (primary N) is 2. The van der Waals surface area contributed by atoms with Gasteiger partial charge in [-0.05, 0) is 44.4 Å². The number of aromatic nitrogens is 2. The third kappa shape index (κ3) is 4.07. The van der Waals surface area contributed by atoms with Gasteiger partial charge < -0.3 is 16.4 Å². The maximum Gasteiger partial charge on any atom is 0.245 e. The van der Waals surface area contributed by atoms with Gasteiger partial charge in [0.05, 0.1) is 11.1 Å². The first kappa shape index (κ1) is 23.6. The van der Waals surface area contributed by atoms with Crippen LogP contribution in [-0.2, 0) is 4.79 Å². The number of hydrogen-bond acceptors (Lipinski definition) is 4. The summed E-state index contributed by atoms with van der Waals surface area (Å²) in [6.07, 6.45) is 2.91. The summed E-state index contributed by atoms with van der Waals surface area (Å²) in [7, 11) is 0. The molecule has 0 aliphatic carbocycles. The van der Waals surface area contributed by atoms with Crippen molar-refractivity contribution in [1.82, 2.24) is 14.7 Å². The predicted octanol–water partition coefficient (Wildman–Crippen LogP) is 4.70. The number of carbonyl (C=O) groups excluding carboxylic acids is 1. The lowest BCUT2D eigenvalue weighted by Gasteiger charge is -2.32. The lowest BCUT2D eigenvalue weighted by atomic mass is 9.91. The molecule has 1 saturated heterocycles. The Hall–Kier alpha value is -3.58. The Morgan fingerprint density at radius 2 is 1.85 bits per heavy atom. The maximum atomic E-state index is 12.0. The van der Waals surface area contributed by atoms with E-state index in [9.17, 15) is 4.79 Å². The van der Waals surface area contributed by atoms with Gasteiger partial charge in [-0.15, -0.1) is 0 Å². The Morgan fingerprint density at radius 3 is 2.44 bits per heavy atom. The molecule has 8 heteroatoms. The van der Waals surface area contributed by atoms with Crippen molar-refractivity contribution in [3.05, 3.63) is 70.9 Å². The number of likely N-dealkylation sites (tertiary alicyclic amines) is 1. The molecule has 7 nitrogen and oxygen atoms in total. The summed E-state index contributed by atoms with van der Waals surface area (Å²) in [5.41, 5.74) is 18.0. The van der Waals surface area contributed by atoms with Gasteiger partial charge in [-0.25, -0.2) is 0 Å². The molecule has 0 unspecified atom stereocenters. The molecule has 5 N–H and O–H groups in total. The van der Waals surface area contributed by atoms with E-state index in [0.29, 0.717) is 34.9 Å². The van der Waals surface area contributed by atoms with Crippen LogP contribution >= 0.6 is 11.6 Å². The molecule has 176 valence electrons. The summed E-state index contributed by atoms with van der Waals surface area (Å²) in [5.74, 6) is -0.189. The predicted molar refractivity (Wildman–Crippen MR) is 138 cm³/mol. The third-order valence-corrected chi connectivity index (χ3v) is 6.98. The highest BCUT2D eigenvalue weighted by Gasteiger charge is 2.30. The molecule has 0 radical (unpaired) electrons. The molecule has 1 aliphatic heterocycles. The van der Waals surface area contributed by atoms with Gasteiger partial charge >= 0.3 is 0 Å². The summed E-state index contributed by atoms with van der Waals surface area (Å²) in [4.78, 5) is 13.8. The second-order valence-electron chi connectivity index (χ2n) is 8.64. The standard InChI is InChI=1S/C26H29ClN6O/c1-4-20(34)32-12-10-18(11-13-32)33-16(3)21(25(31-33)17-8-6-5-7-9-17)23-22(26(29)30)19(28)14-15(2)24(23)27/h4-9,14,18H,1,10-13,28H2,2-3H3,(H3,29,30). The molecule has 0 atom stereocenters. The van der Waals surface area contributed by atoms with Gasteiger partial charge in [-0.3, -0.25) is 14.9 Å². The van der Waals surface area contributed by atoms with E-state index in [2.05, 4.69) is 6.58 Å². The van der Waals surface area contributed by atoms with Crippen molar-refractivity contribution in [2.24, 2.45) is 5.73 Å². The molecule has 0 saturated carbocycles. The van der Waals surface area contributed by atoms with Crippen molar-refractivity contribution in [2.45, 2.75) is 32.7 Å². The lowest BCUT2D eigenvalue weighted by molar-refractivity contribution is -0.127. The maximum absolute atomic E-state index is 12.0. The highest BCUT2D eigenvalue weighted by atomic mass is 35.5. The van der Waals surface area contributed by atoms with Crippen molar-refractivity contribution < 1.29 is 4.79 Å². The largest absolute Gasteiger partial charge is 0.398 e. The number of aryl methyl sites for hydroxylation is 1. The Bertz CT molecular complexity index is 1270. The monoisotopic (exact) mass is 476 g/mol. The number of nitrogens with zero attached hydrogens (tertiary/aromatic N) is 3. The number of carbonyl (C=O) groups is 1. The Labute approximate surface area is 204 Å². The minimum absolute atomic E-state index is 0.0468. The summed E-state index contributed by atoms with van der Waals surface area (Å²) in [6.45, 7) is 8.77. The molecule has 1 amide bonds. The van der Waals surface area contributed by atoms with Crippen molar-refractivity contribution in [3.8, 4) is 22.4 Å². The van der Waals surface area contributed by atoms with Crippen LogP contribution in [0.1, 0.15) is 35.7 Å². The zero-order valence-corrected chi connectivity index (χ0v) is 20.2. The molecule has 1 fully saturated rings. The fourth-order valence-corrected chi connectivity index (χ4v) is 5.02. The Kier molecular flexibility index (Phi) is 6.48. The van der Waals surface area contributed by atoms with Crippen molar-refractivity contribution in [1.29, 1.82) is 5.41 Å². The van der Waals surface area contributed by atoms with Crippen LogP contribution in [0.15, 0.2) is 49.1 Å². The van der Waals surface area contributed by atoms with Crippen LogP contribution in [0.3, 0.4) is 0 Å². The third-order valence-electron chi connectivity index (χ3n) is 6.49. The number of amidine groups is 1. The summed E-state index contributed by atoms with van der Waals surface area (Å²) in [6, 6.07) is 11.8. The second-order valence-corrected chi connectivity index (χ2v) is 9.02. The van der Waals surface area contributed by atoms with Crippen LogP contribution in [0.2, 0.25) is 5.02 Å². The van der Waals surface area contributed by atoms with Crippen molar-refractivity contribution >= 4 is 29.0 Å². The van der Waals surface area contributed by atoms with Crippen LogP contribution in [0.25, 0.3) is 22.4 Å². The van der Waals surface area contributed by atoms with E-state index < -0.39 is 0 Å². The Balaban J connectivity index is 1.92. The zero-order chi connectivity index (χ0) is 24.6. The van der Waals surface area contributed by atoms with E-state index in [1.165, 1.54) is 6.08 Å². The first-order chi connectivity index (χ1) is 16.2. The first-order valence-corrected chi connectivity index (χ1v) is 11.6. The molecule has 3 aromatic rings. The van der Waals surface area contributed by atoms with Crippen molar-refractivity contribution in [3.63, 3.8) is 0 Å². The highest BCUT2D eigenvalue weighted by molar-refractivity contribution is 6.35. The van der Waals surface area contributed by atoms with E-state index in [-0.39, 0.29) is 17.8 Å². The number of anilines is 1. The first-order valence-electron chi connectivity index (χ1n) is 11.2. The number of nitrogens with one attached hydrogen (secondary N) is 1. The molecule has 1 aliphatic rings. The zero-order valence-electron chi connectivity index (χ0n) is 19.4. The smallest absolute Gasteiger partial charge is 0.245 e. The minimum Gasteiger partial charge on any atom is -0.398 e. The lowest BCUT2D eigenvalue weighted by Crippen LogP contribution is -2.38. The summed E-state index contributed by atoms with van der Waals surface area (Å²) < 4.78 is 2.03. The normalized spacial score (nSPS) is 14.3.